The third-order valence-electron chi connectivity index (χ3n) is 8.61. The van der Waals surface area contributed by atoms with Gasteiger partial charge in [0, 0.05) is 24.8 Å². The van der Waals surface area contributed by atoms with E-state index in [1.165, 1.54) is 18.4 Å². The topological polar surface area (TPSA) is 107 Å². The summed E-state index contributed by atoms with van der Waals surface area (Å²) >= 11 is 0. The molecule has 1 spiro atoms. The molecule has 3 atom stereocenters. The number of methoxy groups -OCH3 is 2. The van der Waals surface area contributed by atoms with Gasteiger partial charge in [-0.2, -0.15) is 0 Å². The van der Waals surface area contributed by atoms with Crippen molar-refractivity contribution in [2.24, 2.45) is 16.5 Å². The number of hydrogen-bond acceptors (Lipinski definition) is 7. The highest BCUT2D eigenvalue weighted by molar-refractivity contribution is 6.02. The second-order valence-corrected chi connectivity index (χ2v) is 12.9. The minimum absolute atomic E-state index is 0.114. The number of amides is 2. The maximum atomic E-state index is 14.1. The predicted molar refractivity (Wildman–Crippen MR) is 152 cm³/mol. The number of oxime groups is 1. The van der Waals surface area contributed by atoms with Crippen LogP contribution in [0.1, 0.15) is 88.8 Å². The van der Waals surface area contributed by atoms with Gasteiger partial charge >= 0.3 is 5.97 Å². The van der Waals surface area contributed by atoms with Gasteiger partial charge in [0.05, 0.1) is 26.5 Å². The van der Waals surface area contributed by atoms with Crippen molar-refractivity contribution >= 4 is 23.5 Å². The number of carbonyl (C=O) groups is 3. The van der Waals surface area contributed by atoms with E-state index in [-0.39, 0.29) is 24.8 Å². The van der Waals surface area contributed by atoms with Crippen molar-refractivity contribution < 1.29 is 28.7 Å². The number of aryl methyl sites for hydroxylation is 2. The molecule has 9 nitrogen and oxygen atoms in total. The molecule has 1 saturated carbocycles. The molecule has 2 fully saturated rings. The number of carbonyl (C=O) groups excluding carboxylic acids is 3. The Morgan fingerprint density at radius 1 is 1.12 bits per heavy atom. The molecule has 0 radical (unpaired) electrons. The van der Waals surface area contributed by atoms with E-state index in [1.807, 2.05) is 46.8 Å². The average molecular weight is 556 g/mol. The van der Waals surface area contributed by atoms with Gasteiger partial charge in [-0.1, -0.05) is 45.2 Å². The first-order valence-electron chi connectivity index (χ1n) is 14.5. The molecule has 2 heterocycles. The van der Waals surface area contributed by atoms with Crippen LogP contribution in [0.4, 0.5) is 0 Å². The Morgan fingerprint density at radius 2 is 1.77 bits per heavy atom. The van der Waals surface area contributed by atoms with Gasteiger partial charge in [-0.25, -0.2) is 4.79 Å². The highest BCUT2D eigenvalue weighted by Gasteiger charge is 2.55. The zero-order valence-corrected chi connectivity index (χ0v) is 25.1. The molecule has 0 aromatic heterocycles. The first-order chi connectivity index (χ1) is 18.9. The molecular weight excluding hydrogens is 510 g/mol. The molecule has 3 aliphatic rings. The van der Waals surface area contributed by atoms with Crippen molar-refractivity contribution in [3.05, 3.63) is 28.8 Å². The molecule has 4 rings (SSSR count). The number of hydrogen-bond donors (Lipinski definition) is 1. The molecular formula is C31H45N3O6. The lowest BCUT2D eigenvalue weighted by atomic mass is 9.84. The predicted octanol–water partition coefficient (Wildman–Crippen LogP) is 4.45. The fraction of sp³-hybridized carbons (Fsp3) is 0.677. The molecule has 2 aliphatic heterocycles. The van der Waals surface area contributed by atoms with E-state index < -0.39 is 29.1 Å². The van der Waals surface area contributed by atoms with Crippen molar-refractivity contribution in [3.8, 4) is 5.75 Å². The highest BCUT2D eigenvalue weighted by Crippen LogP contribution is 2.41. The van der Waals surface area contributed by atoms with E-state index >= 15 is 0 Å². The molecule has 0 bridgehead atoms. The second-order valence-electron chi connectivity index (χ2n) is 12.9. The Bertz CT molecular complexity index is 1140. The monoisotopic (exact) mass is 555 g/mol. The summed E-state index contributed by atoms with van der Waals surface area (Å²) in [7, 11) is 2.98. The van der Waals surface area contributed by atoms with Gasteiger partial charge in [0.1, 0.15) is 17.8 Å². The molecule has 220 valence electrons. The summed E-state index contributed by atoms with van der Waals surface area (Å²) in [4.78, 5) is 47.7. The molecule has 9 heteroatoms. The molecule has 1 N–H and O–H groups in total. The largest absolute Gasteiger partial charge is 0.496 e. The number of nitrogens with one attached hydrogen (secondary N) is 1. The fourth-order valence-electron chi connectivity index (χ4n) is 6.52. The van der Waals surface area contributed by atoms with E-state index in [1.54, 1.807) is 7.11 Å². The van der Waals surface area contributed by atoms with E-state index in [2.05, 4.69) is 10.5 Å². The number of ether oxygens (including phenoxy) is 2. The SMILES string of the molecule is COC(=O)[C@@H]1C[C@]2(CC(c3cc(C)c(OC)c(C)c3)=NO2)CN1C(=O)[C@@H](NC(=O)CC1CCCCC1)C(C)(C)C. The van der Waals surface area contributed by atoms with Crippen molar-refractivity contribution in [1.29, 1.82) is 0 Å². The maximum Gasteiger partial charge on any atom is 0.328 e. The van der Waals surface area contributed by atoms with E-state index in [0.29, 0.717) is 18.8 Å². The molecule has 1 aromatic rings. The van der Waals surface area contributed by atoms with Gasteiger partial charge < -0.3 is 24.5 Å². The van der Waals surface area contributed by atoms with Gasteiger partial charge in [-0.15, -0.1) is 0 Å². The molecule has 0 unspecified atom stereocenters. The van der Waals surface area contributed by atoms with Crippen LogP contribution in [-0.4, -0.2) is 66.8 Å². The second kappa shape index (κ2) is 11.8. The van der Waals surface area contributed by atoms with Crippen molar-refractivity contribution in [2.75, 3.05) is 20.8 Å². The lowest BCUT2D eigenvalue weighted by Gasteiger charge is -2.35. The summed E-state index contributed by atoms with van der Waals surface area (Å²) in [6.45, 7) is 9.93. The number of benzene rings is 1. The molecule has 1 aliphatic carbocycles. The van der Waals surface area contributed by atoms with Crippen LogP contribution in [0.2, 0.25) is 0 Å². The number of rotatable bonds is 7. The molecule has 1 aromatic carbocycles. The first-order valence-corrected chi connectivity index (χ1v) is 14.5. The lowest BCUT2D eigenvalue weighted by molar-refractivity contribution is -0.153. The number of nitrogens with zero attached hydrogens (tertiary/aromatic N) is 2. The average Bonchev–Trinajstić information content (AvgIpc) is 3.50. The van der Waals surface area contributed by atoms with E-state index in [4.69, 9.17) is 14.3 Å². The van der Waals surface area contributed by atoms with E-state index in [9.17, 15) is 14.4 Å². The van der Waals surface area contributed by atoms with Gasteiger partial charge in [-0.3, -0.25) is 9.59 Å². The Hall–Kier alpha value is -3.10. The van der Waals surface area contributed by atoms with Gasteiger partial charge in [0.2, 0.25) is 11.8 Å². The third kappa shape index (κ3) is 6.28. The standard InChI is InChI=1S/C31H45N3O6/c1-19-13-22(14-20(2)26(19)38-6)23-16-31(40-33-23)17-24(29(37)39-7)34(18-31)28(36)27(30(3,4)5)32-25(35)15-21-11-9-8-10-12-21/h13-14,21,24,27H,8-12,15-18H2,1-7H3,(H,32,35)/t24-,27+,31+/m0/s1. The summed E-state index contributed by atoms with van der Waals surface area (Å²) in [6.07, 6.45) is 6.75. The summed E-state index contributed by atoms with van der Waals surface area (Å²) in [6, 6.07) is 2.41. The molecule has 1 saturated heterocycles. The zero-order valence-electron chi connectivity index (χ0n) is 25.1. The van der Waals surface area contributed by atoms with Crippen molar-refractivity contribution in [2.45, 2.75) is 104 Å². The summed E-state index contributed by atoms with van der Waals surface area (Å²) in [5, 5.41) is 7.45. The minimum Gasteiger partial charge on any atom is -0.496 e. The first kappa shape index (κ1) is 29.9. The summed E-state index contributed by atoms with van der Waals surface area (Å²) < 4.78 is 10.6. The molecule has 40 heavy (non-hydrogen) atoms. The van der Waals surface area contributed by atoms with Crippen LogP contribution >= 0.6 is 0 Å². The quantitative estimate of drug-likeness (QED) is 0.498. The number of esters is 1. The Kier molecular flexibility index (Phi) is 8.80. The third-order valence-corrected chi connectivity index (χ3v) is 8.61. The number of likely N-dealkylation sites (tertiary alicyclic amines) is 1. The smallest absolute Gasteiger partial charge is 0.328 e. The van der Waals surface area contributed by atoms with Crippen LogP contribution in [0, 0.1) is 25.2 Å². The summed E-state index contributed by atoms with van der Waals surface area (Å²) in [5.74, 6) is 0.274. The van der Waals surface area contributed by atoms with Crippen LogP contribution in [0.25, 0.3) is 0 Å². The van der Waals surface area contributed by atoms with Crippen molar-refractivity contribution in [1.82, 2.24) is 10.2 Å². The maximum absolute atomic E-state index is 14.1. The normalized spacial score (nSPS) is 23.9. The summed E-state index contributed by atoms with van der Waals surface area (Å²) in [5.41, 5.74) is 2.27. The Morgan fingerprint density at radius 3 is 2.35 bits per heavy atom. The van der Waals surface area contributed by atoms with Crippen molar-refractivity contribution in [3.63, 3.8) is 0 Å². The highest BCUT2D eigenvalue weighted by atomic mass is 16.7. The van der Waals surface area contributed by atoms with E-state index in [0.717, 1.165) is 53.8 Å². The minimum atomic E-state index is -0.847. The van der Waals surface area contributed by atoms with Crippen LogP contribution < -0.4 is 10.1 Å². The fourth-order valence-corrected chi connectivity index (χ4v) is 6.52. The zero-order chi connectivity index (χ0) is 29.2. The van der Waals surface area contributed by atoms with Gasteiger partial charge in [0.25, 0.3) is 0 Å². The van der Waals surface area contributed by atoms with Gasteiger partial charge in [0.15, 0.2) is 5.60 Å². The van der Waals surface area contributed by atoms with Crippen LogP contribution in [-0.2, 0) is 24.0 Å². The van der Waals surface area contributed by atoms with Crippen LogP contribution in [0.15, 0.2) is 17.3 Å². The van der Waals surface area contributed by atoms with Gasteiger partial charge in [-0.05, 0) is 61.3 Å². The Labute approximate surface area is 238 Å². The van der Waals surface area contributed by atoms with Crippen LogP contribution in [0.5, 0.6) is 5.75 Å². The molecule has 2 amide bonds. The van der Waals surface area contributed by atoms with Crippen LogP contribution in [0.3, 0.4) is 0 Å². The lowest BCUT2D eigenvalue weighted by Crippen LogP contribution is -2.57. The Balaban J connectivity index is 1.53.